The van der Waals surface area contributed by atoms with Gasteiger partial charge in [0.15, 0.2) is 0 Å². The molecule has 0 unspecified atom stereocenters. The Labute approximate surface area is 78.5 Å². The van der Waals surface area contributed by atoms with E-state index in [1.807, 2.05) is 0 Å². The van der Waals surface area contributed by atoms with Crippen molar-refractivity contribution in [3.05, 3.63) is 23.1 Å². The van der Waals surface area contributed by atoms with E-state index in [1.165, 1.54) is 17.4 Å². The normalized spacial score (nSPS) is 10.8. The lowest BCUT2D eigenvalue weighted by atomic mass is 10.1. The topological polar surface area (TPSA) is 60.7 Å². The summed E-state index contributed by atoms with van der Waals surface area (Å²) in [5.74, 6) is 0.266. The Balaban J connectivity index is 2.85. The van der Waals surface area contributed by atoms with Crippen molar-refractivity contribution in [1.82, 2.24) is 0 Å². The van der Waals surface area contributed by atoms with E-state index in [2.05, 4.69) is 0 Å². The summed E-state index contributed by atoms with van der Waals surface area (Å²) in [5, 5.41) is 29.9. The van der Waals surface area contributed by atoms with Crippen LogP contribution in [0.25, 0.3) is 10.1 Å². The summed E-state index contributed by atoms with van der Waals surface area (Å²) in [6.45, 7) is -0.185. The summed E-state index contributed by atoms with van der Waals surface area (Å²) in [6, 6.07) is 3.02. The van der Waals surface area contributed by atoms with Crippen molar-refractivity contribution in [3.63, 3.8) is 0 Å². The van der Waals surface area contributed by atoms with Gasteiger partial charge in [-0.05, 0) is 17.7 Å². The third-order valence-electron chi connectivity index (χ3n) is 1.89. The fourth-order valence-corrected chi connectivity index (χ4v) is 2.24. The molecule has 0 aliphatic heterocycles. The molecule has 0 spiro atoms. The minimum absolute atomic E-state index is 0.110. The monoisotopic (exact) mass is 196 g/mol. The highest BCUT2D eigenvalue weighted by molar-refractivity contribution is 7.17. The average molecular weight is 196 g/mol. The molecule has 0 saturated heterocycles. The number of rotatable bonds is 1. The fraction of sp³-hybridized carbons (Fsp3) is 0.111. The van der Waals surface area contributed by atoms with Crippen molar-refractivity contribution in [2.45, 2.75) is 6.61 Å². The van der Waals surface area contributed by atoms with Crippen molar-refractivity contribution < 1.29 is 15.3 Å². The molecule has 0 aliphatic rings. The molecule has 13 heavy (non-hydrogen) atoms. The maximum atomic E-state index is 9.43. The van der Waals surface area contributed by atoms with E-state index in [0.717, 1.165) is 4.70 Å². The molecule has 0 atom stereocenters. The molecule has 1 heterocycles. The Morgan fingerprint density at radius 2 is 2.00 bits per heavy atom. The molecule has 1 aromatic carbocycles. The number of benzene rings is 1. The van der Waals surface area contributed by atoms with Gasteiger partial charge >= 0.3 is 0 Å². The third kappa shape index (κ3) is 1.24. The highest BCUT2D eigenvalue weighted by Crippen LogP contribution is 2.36. The predicted molar refractivity (Wildman–Crippen MR) is 51.1 cm³/mol. The Morgan fingerprint density at radius 1 is 1.23 bits per heavy atom. The van der Waals surface area contributed by atoms with E-state index in [9.17, 15) is 10.2 Å². The first-order valence-electron chi connectivity index (χ1n) is 3.75. The molecule has 1 aromatic heterocycles. The second-order valence-electron chi connectivity index (χ2n) is 2.76. The van der Waals surface area contributed by atoms with Gasteiger partial charge in [-0.2, -0.15) is 0 Å². The number of phenols is 1. The Hall–Kier alpha value is -1.26. The lowest BCUT2D eigenvalue weighted by Crippen LogP contribution is -1.83. The van der Waals surface area contributed by atoms with Gasteiger partial charge in [-0.3, -0.25) is 0 Å². The van der Waals surface area contributed by atoms with Gasteiger partial charge in [-0.25, -0.2) is 0 Å². The number of aliphatic hydroxyl groups excluding tert-OH is 1. The number of hydrogen-bond acceptors (Lipinski definition) is 4. The van der Waals surface area contributed by atoms with E-state index in [-0.39, 0.29) is 18.1 Å². The highest BCUT2D eigenvalue weighted by Gasteiger charge is 2.08. The lowest BCUT2D eigenvalue weighted by molar-refractivity contribution is 0.282. The lowest BCUT2D eigenvalue weighted by Gasteiger charge is -2.00. The maximum Gasteiger partial charge on any atom is 0.134 e. The largest absolute Gasteiger partial charge is 0.508 e. The molecule has 2 aromatic rings. The Bertz CT molecular complexity index is 447. The smallest absolute Gasteiger partial charge is 0.134 e. The Kier molecular flexibility index (Phi) is 1.86. The summed E-state index contributed by atoms with van der Waals surface area (Å²) in [6.07, 6.45) is 0. The van der Waals surface area contributed by atoms with Gasteiger partial charge in [0.25, 0.3) is 0 Å². The van der Waals surface area contributed by atoms with Crippen LogP contribution in [0.15, 0.2) is 17.5 Å². The molecule has 3 nitrogen and oxygen atoms in total. The van der Waals surface area contributed by atoms with Crippen LogP contribution < -0.4 is 0 Å². The van der Waals surface area contributed by atoms with Crippen molar-refractivity contribution in [1.29, 1.82) is 0 Å². The van der Waals surface area contributed by atoms with E-state index in [1.54, 1.807) is 11.4 Å². The number of aliphatic hydroxyl groups is 1. The minimum atomic E-state index is -0.185. The van der Waals surface area contributed by atoms with Crippen molar-refractivity contribution in [3.8, 4) is 11.5 Å². The number of aromatic hydroxyl groups is 2. The van der Waals surface area contributed by atoms with Gasteiger partial charge in [0.2, 0.25) is 0 Å². The van der Waals surface area contributed by atoms with Gasteiger partial charge in [0.1, 0.15) is 11.5 Å². The average Bonchev–Trinajstić information content (AvgIpc) is 2.46. The van der Waals surface area contributed by atoms with Crippen LogP contribution in [-0.2, 0) is 6.61 Å². The summed E-state index contributed by atoms with van der Waals surface area (Å²) >= 11 is 1.34. The van der Waals surface area contributed by atoms with Crippen LogP contribution in [0.4, 0.5) is 0 Å². The van der Waals surface area contributed by atoms with E-state index >= 15 is 0 Å². The number of fused-ring (bicyclic) bond motifs is 1. The van der Waals surface area contributed by atoms with E-state index in [0.29, 0.717) is 10.9 Å². The van der Waals surface area contributed by atoms with Gasteiger partial charge in [-0.15, -0.1) is 11.3 Å². The van der Waals surface area contributed by atoms with Crippen molar-refractivity contribution in [2.24, 2.45) is 0 Å². The molecule has 0 saturated carbocycles. The van der Waals surface area contributed by atoms with Crippen LogP contribution >= 0.6 is 11.3 Å². The first kappa shape index (κ1) is 8.34. The molecule has 0 fully saturated rings. The molecular formula is C9H8O3S. The molecule has 0 bridgehead atoms. The van der Waals surface area contributed by atoms with E-state index in [4.69, 9.17) is 5.11 Å². The molecule has 0 radical (unpaired) electrons. The molecule has 2 rings (SSSR count). The van der Waals surface area contributed by atoms with Crippen LogP contribution in [0.1, 0.15) is 5.56 Å². The van der Waals surface area contributed by atoms with Crippen molar-refractivity contribution in [2.75, 3.05) is 0 Å². The van der Waals surface area contributed by atoms with Gasteiger partial charge < -0.3 is 15.3 Å². The summed E-state index contributed by atoms with van der Waals surface area (Å²) in [7, 11) is 0. The summed E-state index contributed by atoms with van der Waals surface area (Å²) < 4.78 is 0.779. The molecule has 0 amide bonds. The zero-order valence-electron chi connectivity index (χ0n) is 6.69. The number of phenolic OH excluding ortho intramolecular Hbond substituents is 1. The zero-order valence-corrected chi connectivity index (χ0v) is 7.51. The zero-order chi connectivity index (χ0) is 9.42. The van der Waals surface area contributed by atoms with E-state index < -0.39 is 0 Å². The fourth-order valence-electron chi connectivity index (χ4n) is 1.34. The van der Waals surface area contributed by atoms with Gasteiger partial charge in [-0.1, -0.05) is 0 Å². The Morgan fingerprint density at radius 3 is 2.69 bits per heavy atom. The van der Waals surface area contributed by atoms with Crippen LogP contribution in [0.2, 0.25) is 0 Å². The van der Waals surface area contributed by atoms with Crippen LogP contribution in [0, 0.1) is 0 Å². The predicted octanol–water partition coefficient (Wildman–Crippen LogP) is 1.80. The molecule has 68 valence electrons. The second-order valence-corrected chi connectivity index (χ2v) is 3.67. The van der Waals surface area contributed by atoms with Crippen molar-refractivity contribution >= 4 is 21.4 Å². The van der Waals surface area contributed by atoms with Crippen LogP contribution in [-0.4, -0.2) is 15.3 Å². The standard InChI is InChI=1S/C9H8O3S/c10-3-5-1-6(11)2-8-9(5)7(12)4-13-8/h1-2,4,10-12H,3H2. The quantitative estimate of drug-likeness (QED) is 0.651. The van der Waals surface area contributed by atoms with Crippen LogP contribution in [0.5, 0.6) is 11.5 Å². The molecular weight excluding hydrogens is 188 g/mol. The SMILES string of the molecule is OCc1cc(O)cc2scc(O)c12. The number of hydrogen-bond donors (Lipinski definition) is 3. The summed E-state index contributed by atoms with van der Waals surface area (Å²) in [5.41, 5.74) is 0.550. The second kappa shape index (κ2) is 2.90. The van der Waals surface area contributed by atoms with Crippen LogP contribution in [0.3, 0.4) is 0 Å². The summed E-state index contributed by atoms with van der Waals surface area (Å²) in [4.78, 5) is 0. The first-order chi connectivity index (χ1) is 6.22. The maximum absolute atomic E-state index is 9.43. The first-order valence-corrected chi connectivity index (χ1v) is 4.63. The van der Waals surface area contributed by atoms with Gasteiger partial charge in [0.05, 0.1) is 6.61 Å². The molecule has 4 heteroatoms. The van der Waals surface area contributed by atoms with Gasteiger partial charge in [0, 0.05) is 15.5 Å². The minimum Gasteiger partial charge on any atom is -0.508 e. The number of thiophene rings is 1. The molecule has 0 aliphatic carbocycles. The third-order valence-corrected chi connectivity index (χ3v) is 2.81. The molecule has 3 N–H and O–H groups in total. The highest BCUT2D eigenvalue weighted by atomic mass is 32.1.